The summed E-state index contributed by atoms with van der Waals surface area (Å²) in [5, 5.41) is 0.224. The first-order valence-corrected chi connectivity index (χ1v) is 9.00. The van der Waals surface area contributed by atoms with E-state index in [2.05, 4.69) is 4.74 Å². The van der Waals surface area contributed by atoms with Crippen molar-refractivity contribution >= 4 is 29.7 Å². The van der Waals surface area contributed by atoms with Crippen LogP contribution < -0.4 is 14.2 Å². The van der Waals surface area contributed by atoms with E-state index in [1.165, 1.54) is 37.4 Å². The van der Waals surface area contributed by atoms with Crippen molar-refractivity contribution < 1.29 is 33.3 Å². The van der Waals surface area contributed by atoms with Crippen LogP contribution in [0.3, 0.4) is 0 Å². The monoisotopic (exact) mass is 426 g/mol. The van der Waals surface area contributed by atoms with E-state index in [9.17, 15) is 14.4 Å². The van der Waals surface area contributed by atoms with Crippen LogP contribution in [-0.4, -0.2) is 25.2 Å². The van der Waals surface area contributed by atoms with Gasteiger partial charge in [0.25, 0.3) is 0 Å². The third kappa shape index (κ3) is 4.95. The van der Waals surface area contributed by atoms with Crippen LogP contribution in [0.25, 0.3) is 0 Å². The summed E-state index contributed by atoms with van der Waals surface area (Å²) in [7, 11) is 1.22. The highest BCUT2D eigenvalue weighted by Gasteiger charge is 2.21. The van der Waals surface area contributed by atoms with Gasteiger partial charge in [-0.25, -0.2) is 14.4 Å². The minimum atomic E-state index is -1.08. The standard InChI is InChI=1S/C22H15ClO7/c1-27-20(24)14-8-2-5-11-17(14)28-21(25)15-9-3-6-12-18(15)29-22(26)30-19-13-7-4-10-16(19)23/h2-13H,1H3. The quantitative estimate of drug-likeness (QED) is 0.325. The molecule has 3 rings (SSSR count). The molecule has 3 aromatic rings. The highest BCUT2D eigenvalue weighted by Crippen LogP contribution is 2.26. The van der Waals surface area contributed by atoms with Gasteiger partial charge >= 0.3 is 18.1 Å². The summed E-state index contributed by atoms with van der Waals surface area (Å²) in [6.07, 6.45) is -1.08. The molecule has 0 unspecified atom stereocenters. The van der Waals surface area contributed by atoms with E-state index in [1.54, 1.807) is 42.5 Å². The lowest BCUT2D eigenvalue weighted by molar-refractivity contribution is 0.0593. The Hall–Kier alpha value is -3.84. The zero-order chi connectivity index (χ0) is 21.5. The molecule has 0 saturated carbocycles. The van der Waals surface area contributed by atoms with Crippen LogP contribution in [0.2, 0.25) is 5.02 Å². The van der Waals surface area contributed by atoms with E-state index >= 15 is 0 Å². The van der Waals surface area contributed by atoms with E-state index in [-0.39, 0.29) is 33.4 Å². The third-order valence-corrected chi connectivity index (χ3v) is 4.14. The summed E-state index contributed by atoms with van der Waals surface area (Å²) in [6, 6.07) is 18.4. The Kier molecular flexibility index (Phi) is 6.67. The largest absolute Gasteiger partial charge is 0.519 e. The van der Waals surface area contributed by atoms with Gasteiger partial charge in [0.15, 0.2) is 5.75 Å². The minimum Gasteiger partial charge on any atom is -0.465 e. The van der Waals surface area contributed by atoms with Crippen molar-refractivity contribution in [3.63, 3.8) is 0 Å². The first kappa shape index (κ1) is 20.9. The average Bonchev–Trinajstić information content (AvgIpc) is 2.75. The highest BCUT2D eigenvalue weighted by molar-refractivity contribution is 6.32. The zero-order valence-electron chi connectivity index (χ0n) is 15.7. The van der Waals surface area contributed by atoms with E-state index in [0.717, 1.165) is 0 Å². The summed E-state index contributed by atoms with van der Waals surface area (Å²) >= 11 is 5.95. The number of halogens is 1. The number of rotatable bonds is 5. The molecule has 0 saturated heterocycles. The maximum Gasteiger partial charge on any atom is 0.519 e. The lowest BCUT2D eigenvalue weighted by atomic mass is 10.2. The SMILES string of the molecule is COC(=O)c1ccccc1OC(=O)c1ccccc1OC(=O)Oc1ccccc1Cl. The predicted octanol–water partition coefficient (Wildman–Crippen LogP) is 4.92. The molecule has 0 aliphatic carbocycles. The minimum absolute atomic E-state index is 0.00259. The fraction of sp³-hybridized carbons (Fsp3) is 0.0455. The van der Waals surface area contributed by atoms with Gasteiger partial charge in [-0.3, -0.25) is 0 Å². The lowest BCUT2D eigenvalue weighted by Gasteiger charge is -2.12. The fourth-order valence-electron chi connectivity index (χ4n) is 2.44. The summed E-state index contributed by atoms with van der Waals surface area (Å²) in [6.45, 7) is 0. The second kappa shape index (κ2) is 9.58. The molecule has 152 valence electrons. The van der Waals surface area contributed by atoms with Gasteiger partial charge in [-0.05, 0) is 36.4 Å². The molecular weight excluding hydrogens is 412 g/mol. The number of carbonyl (C=O) groups excluding carboxylic acids is 3. The van der Waals surface area contributed by atoms with Crippen molar-refractivity contribution in [2.45, 2.75) is 0 Å². The Morgan fingerprint density at radius 3 is 1.70 bits per heavy atom. The van der Waals surface area contributed by atoms with E-state index in [1.807, 2.05) is 0 Å². The molecule has 3 aromatic carbocycles. The Labute approximate surface area is 176 Å². The number of benzene rings is 3. The van der Waals surface area contributed by atoms with Crippen molar-refractivity contribution in [2.24, 2.45) is 0 Å². The molecule has 0 heterocycles. The molecule has 0 aliphatic rings. The van der Waals surface area contributed by atoms with E-state index in [4.69, 9.17) is 25.8 Å². The van der Waals surface area contributed by atoms with Crippen LogP contribution in [-0.2, 0) is 4.74 Å². The molecule has 7 nitrogen and oxygen atoms in total. The van der Waals surface area contributed by atoms with Gasteiger partial charge in [0.1, 0.15) is 22.6 Å². The van der Waals surface area contributed by atoms with Gasteiger partial charge in [0.2, 0.25) is 0 Å². The number of hydrogen-bond donors (Lipinski definition) is 0. The maximum absolute atomic E-state index is 12.7. The smallest absolute Gasteiger partial charge is 0.465 e. The van der Waals surface area contributed by atoms with Crippen LogP contribution in [0.5, 0.6) is 17.2 Å². The molecule has 0 aromatic heterocycles. The Morgan fingerprint density at radius 2 is 1.10 bits per heavy atom. The van der Waals surface area contributed by atoms with Crippen molar-refractivity contribution in [1.82, 2.24) is 0 Å². The van der Waals surface area contributed by atoms with Crippen molar-refractivity contribution in [3.8, 4) is 17.2 Å². The van der Waals surface area contributed by atoms with Gasteiger partial charge in [-0.15, -0.1) is 0 Å². The molecule has 30 heavy (non-hydrogen) atoms. The number of carbonyl (C=O) groups is 3. The zero-order valence-corrected chi connectivity index (χ0v) is 16.4. The van der Waals surface area contributed by atoms with Gasteiger partial charge in [-0.1, -0.05) is 48.0 Å². The summed E-state index contributed by atoms with van der Waals surface area (Å²) in [4.78, 5) is 36.7. The van der Waals surface area contributed by atoms with Crippen molar-refractivity contribution in [3.05, 3.63) is 88.9 Å². The molecule has 0 aliphatic heterocycles. The maximum atomic E-state index is 12.7. The van der Waals surface area contributed by atoms with Crippen molar-refractivity contribution in [2.75, 3.05) is 7.11 Å². The summed E-state index contributed by atoms with van der Waals surface area (Å²) < 4.78 is 20.2. The summed E-state index contributed by atoms with van der Waals surface area (Å²) in [5.74, 6) is -1.48. The molecular formula is C22H15ClO7. The second-order valence-electron chi connectivity index (χ2n) is 5.76. The molecule has 0 spiro atoms. The number of methoxy groups -OCH3 is 1. The van der Waals surface area contributed by atoms with Crippen LogP contribution in [0, 0.1) is 0 Å². The van der Waals surface area contributed by atoms with Crippen LogP contribution in [0.1, 0.15) is 20.7 Å². The number of ether oxygens (including phenoxy) is 4. The van der Waals surface area contributed by atoms with Gasteiger partial charge < -0.3 is 18.9 Å². The second-order valence-corrected chi connectivity index (χ2v) is 6.17. The number of hydrogen-bond acceptors (Lipinski definition) is 7. The average molecular weight is 427 g/mol. The molecule has 0 bridgehead atoms. The van der Waals surface area contributed by atoms with Gasteiger partial charge in [-0.2, -0.15) is 0 Å². The lowest BCUT2D eigenvalue weighted by Crippen LogP contribution is -2.18. The molecule has 0 N–H and O–H groups in total. The van der Waals surface area contributed by atoms with Crippen LogP contribution >= 0.6 is 11.6 Å². The topological polar surface area (TPSA) is 88.1 Å². The van der Waals surface area contributed by atoms with Gasteiger partial charge in [0.05, 0.1) is 12.1 Å². The molecule has 0 fully saturated rings. The molecule has 0 atom stereocenters. The Balaban J connectivity index is 1.78. The Bertz CT molecular complexity index is 1090. The number of esters is 2. The summed E-state index contributed by atoms with van der Waals surface area (Å²) in [5.41, 5.74) is 0.0261. The van der Waals surface area contributed by atoms with Crippen LogP contribution in [0.4, 0.5) is 4.79 Å². The molecule has 0 amide bonds. The fourth-order valence-corrected chi connectivity index (χ4v) is 2.62. The predicted molar refractivity (Wildman–Crippen MR) is 107 cm³/mol. The molecule has 0 radical (unpaired) electrons. The highest BCUT2D eigenvalue weighted by atomic mass is 35.5. The first-order valence-electron chi connectivity index (χ1n) is 8.62. The molecule has 8 heteroatoms. The van der Waals surface area contributed by atoms with E-state index in [0.29, 0.717) is 0 Å². The third-order valence-electron chi connectivity index (χ3n) is 3.83. The van der Waals surface area contributed by atoms with E-state index < -0.39 is 18.1 Å². The number of para-hydroxylation sites is 3. The van der Waals surface area contributed by atoms with Crippen molar-refractivity contribution in [1.29, 1.82) is 0 Å². The normalized spacial score (nSPS) is 10.1. The first-order chi connectivity index (χ1) is 14.5. The van der Waals surface area contributed by atoms with Gasteiger partial charge in [0, 0.05) is 0 Å². The van der Waals surface area contributed by atoms with Crippen LogP contribution in [0.15, 0.2) is 72.8 Å². The Morgan fingerprint density at radius 1 is 0.633 bits per heavy atom.